The van der Waals surface area contributed by atoms with Crippen LogP contribution in [0.3, 0.4) is 0 Å². The van der Waals surface area contributed by atoms with Crippen molar-refractivity contribution in [2.45, 2.75) is 0 Å². The van der Waals surface area contributed by atoms with Gasteiger partial charge >= 0.3 is 0 Å². The third kappa shape index (κ3) is 1.47. The summed E-state index contributed by atoms with van der Waals surface area (Å²) in [5.74, 6) is 0. The smallest absolute Gasteiger partial charge is 0.0948 e. The van der Waals surface area contributed by atoms with Gasteiger partial charge in [0.15, 0.2) is 0 Å². The predicted octanol–water partition coefficient (Wildman–Crippen LogP) is 2.27. The van der Waals surface area contributed by atoms with Crippen molar-refractivity contribution in [2.75, 3.05) is 0 Å². The minimum Gasteiger partial charge on any atom is -0.334 e. The lowest BCUT2D eigenvalue weighted by Crippen LogP contribution is -1.88. The van der Waals surface area contributed by atoms with Gasteiger partial charge in [-0.2, -0.15) is 0 Å². The van der Waals surface area contributed by atoms with E-state index in [2.05, 4.69) is 24.0 Å². The van der Waals surface area contributed by atoms with Crippen LogP contribution in [0.25, 0.3) is 11.3 Å². The Kier molecular flexibility index (Phi) is 1.89. The van der Waals surface area contributed by atoms with Gasteiger partial charge in [0.2, 0.25) is 0 Å². The summed E-state index contributed by atoms with van der Waals surface area (Å²) < 4.78 is 2.00. The van der Waals surface area contributed by atoms with Crippen LogP contribution in [0.4, 0.5) is 0 Å². The molecule has 1 aromatic heterocycles. The summed E-state index contributed by atoms with van der Waals surface area (Å²) in [5, 5.41) is 0. The van der Waals surface area contributed by atoms with E-state index in [1.165, 1.54) is 5.56 Å². The lowest BCUT2D eigenvalue weighted by Gasteiger charge is -2.01. The summed E-state index contributed by atoms with van der Waals surface area (Å²) in [5.41, 5.74) is 3.33. The molecule has 0 aliphatic heterocycles. The van der Waals surface area contributed by atoms with Crippen molar-refractivity contribution < 1.29 is 0 Å². The van der Waals surface area contributed by atoms with Crippen LogP contribution < -0.4 is 0 Å². The van der Waals surface area contributed by atoms with Crippen molar-refractivity contribution in [3.8, 4) is 11.3 Å². The maximum Gasteiger partial charge on any atom is 0.0948 e. The molecule has 0 spiro atoms. The molecule has 0 aliphatic carbocycles. The monoisotopic (exact) mass is 171 g/mol. The first-order valence-electron chi connectivity index (χ1n) is 4.16. The molecule has 0 saturated carbocycles. The van der Waals surface area contributed by atoms with Gasteiger partial charge in [0.25, 0.3) is 0 Å². The fourth-order valence-electron chi connectivity index (χ4n) is 1.31. The summed E-state index contributed by atoms with van der Waals surface area (Å²) in [4.78, 5) is 4.07. The standard InChI is InChI=1S/C11H11N2/c1-9-3-5-10(6-4-9)11-7-12-8-13(11)2/h3-8H,1H2,2H3. The number of aryl methyl sites for hydroxylation is 1. The van der Waals surface area contributed by atoms with Crippen molar-refractivity contribution in [3.63, 3.8) is 0 Å². The lowest BCUT2D eigenvalue weighted by atomic mass is 10.1. The zero-order valence-electron chi connectivity index (χ0n) is 7.57. The first-order valence-corrected chi connectivity index (χ1v) is 4.16. The number of benzene rings is 1. The Bertz CT molecular complexity index is 398. The van der Waals surface area contributed by atoms with Gasteiger partial charge in [-0.15, -0.1) is 0 Å². The molecule has 0 saturated heterocycles. The maximum absolute atomic E-state index is 4.07. The molecule has 0 bridgehead atoms. The van der Waals surface area contributed by atoms with Crippen molar-refractivity contribution in [3.05, 3.63) is 49.3 Å². The summed E-state index contributed by atoms with van der Waals surface area (Å²) in [6, 6.07) is 8.11. The molecule has 0 N–H and O–H groups in total. The molecule has 1 radical (unpaired) electrons. The number of hydrogen-bond acceptors (Lipinski definition) is 1. The first kappa shape index (κ1) is 8.05. The average Bonchev–Trinajstić information content (AvgIpc) is 2.53. The largest absolute Gasteiger partial charge is 0.334 e. The lowest BCUT2D eigenvalue weighted by molar-refractivity contribution is 0.921. The zero-order chi connectivity index (χ0) is 9.26. The number of imidazole rings is 1. The Hall–Kier alpha value is -1.57. The van der Waals surface area contributed by atoms with Gasteiger partial charge in [-0.25, -0.2) is 4.98 Å². The van der Waals surface area contributed by atoms with Crippen molar-refractivity contribution in [1.29, 1.82) is 0 Å². The molecule has 13 heavy (non-hydrogen) atoms. The van der Waals surface area contributed by atoms with E-state index >= 15 is 0 Å². The Balaban J connectivity index is 2.47. The summed E-state index contributed by atoms with van der Waals surface area (Å²) in [6.07, 6.45) is 3.66. The topological polar surface area (TPSA) is 17.8 Å². The Morgan fingerprint density at radius 1 is 1.23 bits per heavy atom. The van der Waals surface area contributed by atoms with E-state index in [-0.39, 0.29) is 0 Å². The molecule has 1 aromatic carbocycles. The first-order chi connectivity index (χ1) is 6.27. The van der Waals surface area contributed by atoms with Crippen LogP contribution in [-0.4, -0.2) is 9.55 Å². The second-order valence-electron chi connectivity index (χ2n) is 3.09. The second kappa shape index (κ2) is 3.05. The third-order valence-corrected chi connectivity index (χ3v) is 2.07. The van der Waals surface area contributed by atoms with Gasteiger partial charge < -0.3 is 4.57 Å². The average molecular weight is 171 g/mol. The minimum atomic E-state index is 1.03. The quantitative estimate of drug-likeness (QED) is 0.643. The van der Waals surface area contributed by atoms with Crippen molar-refractivity contribution in [1.82, 2.24) is 9.55 Å². The Morgan fingerprint density at radius 2 is 1.92 bits per heavy atom. The molecule has 2 rings (SSSR count). The van der Waals surface area contributed by atoms with Crippen LogP contribution in [0.5, 0.6) is 0 Å². The van der Waals surface area contributed by atoms with E-state index in [0.29, 0.717) is 0 Å². The highest BCUT2D eigenvalue weighted by Gasteiger charge is 2.00. The fourth-order valence-corrected chi connectivity index (χ4v) is 1.31. The van der Waals surface area contributed by atoms with Gasteiger partial charge in [-0.1, -0.05) is 24.3 Å². The van der Waals surface area contributed by atoms with E-state index in [1.54, 1.807) is 6.33 Å². The minimum absolute atomic E-state index is 1.03. The van der Waals surface area contributed by atoms with Gasteiger partial charge in [-0.3, -0.25) is 0 Å². The van der Waals surface area contributed by atoms with E-state index in [9.17, 15) is 0 Å². The third-order valence-electron chi connectivity index (χ3n) is 2.07. The van der Waals surface area contributed by atoms with Gasteiger partial charge in [0.1, 0.15) is 0 Å². The number of rotatable bonds is 1. The highest BCUT2D eigenvalue weighted by atomic mass is 15.0. The van der Waals surface area contributed by atoms with Crippen LogP contribution in [0.2, 0.25) is 0 Å². The Morgan fingerprint density at radius 3 is 2.46 bits per heavy atom. The molecule has 0 aliphatic rings. The number of aromatic nitrogens is 2. The van der Waals surface area contributed by atoms with Crippen LogP contribution in [0, 0.1) is 6.92 Å². The number of nitrogens with zero attached hydrogens (tertiary/aromatic N) is 2. The van der Waals surface area contributed by atoms with Gasteiger partial charge in [0.05, 0.1) is 18.2 Å². The molecule has 1 heterocycles. The molecule has 0 fully saturated rings. The highest BCUT2D eigenvalue weighted by molar-refractivity contribution is 5.59. The van der Waals surface area contributed by atoms with Crippen LogP contribution in [0.15, 0.2) is 36.8 Å². The van der Waals surface area contributed by atoms with Crippen molar-refractivity contribution >= 4 is 0 Å². The van der Waals surface area contributed by atoms with Crippen molar-refractivity contribution in [2.24, 2.45) is 7.05 Å². The summed E-state index contributed by atoms with van der Waals surface area (Å²) >= 11 is 0. The predicted molar refractivity (Wildman–Crippen MR) is 53.1 cm³/mol. The van der Waals surface area contributed by atoms with Crippen LogP contribution >= 0.6 is 0 Å². The second-order valence-corrected chi connectivity index (χ2v) is 3.09. The SMILES string of the molecule is [CH2]c1ccc(-c2cncn2C)cc1. The molecule has 0 amide bonds. The number of hydrogen-bond donors (Lipinski definition) is 0. The van der Waals surface area contributed by atoms with Gasteiger partial charge in [0, 0.05) is 7.05 Å². The van der Waals surface area contributed by atoms with E-state index in [4.69, 9.17) is 0 Å². The molecule has 2 aromatic rings. The van der Waals surface area contributed by atoms with E-state index in [0.717, 1.165) is 11.3 Å². The molecule has 0 unspecified atom stereocenters. The molecular weight excluding hydrogens is 160 g/mol. The molecule has 2 nitrogen and oxygen atoms in total. The van der Waals surface area contributed by atoms with Crippen LogP contribution in [-0.2, 0) is 7.05 Å². The van der Waals surface area contributed by atoms with E-state index < -0.39 is 0 Å². The molecule has 2 heteroatoms. The molecule has 65 valence electrons. The summed E-state index contributed by atoms with van der Waals surface area (Å²) in [6.45, 7) is 3.84. The fraction of sp³-hybridized carbons (Fsp3) is 0.0909. The zero-order valence-corrected chi connectivity index (χ0v) is 7.57. The van der Waals surface area contributed by atoms with E-state index in [1.807, 2.05) is 29.9 Å². The van der Waals surface area contributed by atoms with Crippen LogP contribution in [0.1, 0.15) is 5.56 Å². The van der Waals surface area contributed by atoms with Gasteiger partial charge in [-0.05, 0) is 18.1 Å². The highest BCUT2D eigenvalue weighted by Crippen LogP contribution is 2.17. The molecule has 0 atom stereocenters. The Labute approximate surface area is 77.9 Å². The normalized spacial score (nSPS) is 10.3. The summed E-state index contributed by atoms with van der Waals surface area (Å²) in [7, 11) is 1.99. The maximum atomic E-state index is 4.07. The molecular formula is C11H11N2.